The number of methoxy groups -OCH3 is 1. The van der Waals surface area contributed by atoms with Crippen LogP contribution in [-0.2, 0) is 11.3 Å². The number of fused-ring (bicyclic) bond motifs is 1. The van der Waals surface area contributed by atoms with Crippen LogP contribution in [0.25, 0.3) is 11.4 Å². The molecule has 0 spiro atoms. The van der Waals surface area contributed by atoms with Crippen molar-refractivity contribution in [2.24, 2.45) is 4.99 Å². The van der Waals surface area contributed by atoms with Crippen molar-refractivity contribution in [3.63, 3.8) is 0 Å². The molecule has 4 N–H and O–H groups in total. The highest BCUT2D eigenvalue weighted by Crippen LogP contribution is 2.31. The summed E-state index contributed by atoms with van der Waals surface area (Å²) in [4.78, 5) is 21.2. The molecular formula is C23H28IN7O2. The van der Waals surface area contributed by atoms with Gasteiger partial charge in [-0.3, -0.25) is 9.89 Å². The summed E-state index contributed by atoms with van der Waals surface area (Å²) >= 11 is 0. The Bertz CT molecular complexity index is 1100. The summed E-state index contributed by atoms with van der Waals surface area (Å²) in [7, 11) is 1.63. The van der Waals surface area contributed by atoms with Crippen LogP contribution < -0.4 is 20.7 Å². The number of carbonyl (C=O) groups is 1. The van der Waals surface area contributed by atoms with Crippen molar-refractivity contribution in [1.29, 1.82) is 0 Å². The minimum atomic E-state index is 0. The molecule has 1 atom stereocenters. The molecule has 1 amide bonds. The quantitative estimate of drug-likeness (QED) is 0.200. The number of nitrogens with zero attached hydrogens (tertiary/aromatic N) is 3. The van der Waals surface area contributed by atoms with E-state index < -0.39 is 0 Å². The molecule has 10 heteroatoms. The number of hydrogen-bond donors (Lipinski definition) is 4. The van der Waals surface area contributed by atoms with Gasteiger partial charge in [0.15, 0.2) is 11.8 Å². The largest absolute Gasteiger partial charge is 0.497 e. The molecular weight excluding hydrogens is 533 g/mol. The number of aromatic nitrogens is 3. The third kappa shape index (κ3) is 6.21. The summed E-state index contributed by atoms with van der Waals surface area (Å²) < 4.78 is 5.19. The van der Waals surface area contributed by atoms with E-state index in [1.165, 1.54) is 0 Å². The third-order valence-electron chi connectivity index (χ3n) is 5.23. The Morgan fingerprint density at radius 3 is 2.73 bits per heavy atom. The van der Waals surface area contributed by atoms with Crippen LogP contribution >= 0.6 is 24.0 Å². The molecule has 1 aliphatic rings. The average molecular weight is 561 g/mol. The number of benzene rings is 2. The summed E-state index contributed by atoms with van der Waals surface area (Å²) in [6, 6.07) is 15.5. The van der Waals surface area contributed by atoms with Gasteiger partial charge in [-0.15, -0.1) is 24.0 Å². The Hall–Kier alpha value is -3.15. The number of rotatable bonds is 7. The number of anilines is 1. The number of carbonyl (C=O) groups excluding carboxylic acids is 1. The Morgan fingerprint density at radius 2 is 1.97 bits per heavy atom. The lowest BCUT2D eigenvalue weighted by Crippen LogP contribution is -2.40. The minimum absolute atomic E-state index is 0. The summed E-state index contributed by atoms with van der Waals surface area (Å²) in [5.74, 6) is 2.84. The van der Waals surface area contributed by atoms with E-state index in [1.54, 1.807) is 7.11 Å². The first-order chi connectivity index (χ1) is 15.7. The number of hydrogen-bond acceptors (Lipinski definition) is 5. The molecule has 2 aromatic carbocycles. The van der Waals surface area contributed by atoms with E-state index in [1.807, 2.05) is 49.4 Å². The number of aliphatic imine (C=N–C) groups is 1. The second kappa shape index (κ2) is 11.6. The number of halogens is 1. The molecule has 0 aliphatic carbocycles. The number of guanidine groups is 1. The highest BCUT2D eigenvalue weighted by Gasteiger charge is 2.24. The van der Waals surface area contributed by atoms with Gasteiger partial charge >= 0.3 is 0 Å². The normalized spacial score (nSPS) is 15.2. The Kier molecular flexibility index (Phi) is 8.64. The van der Waals surface area contributed by atoms with Crippen molar-refractivity contribution in [2.75, 3.05) is 25.5 Å². The molecule has 1 aliphatic heterocycles. The lowest BCUT2D eigenvalue weighted by atomic mass is 9.90. The van der Waals surface area contributed by atoms with Crippen LogP contribution in [0.1, 0.15) is 30.7 Å². The topological polar surface area (TPSA) is 116 Å². The zero-order valence-corrected chi connectivity index (χ0v) is 20.9. The van der Waals surface area contributed by atoms with Gasteiger partial charge in [-0.05, 0) is 42.8 Å². The molecule has 9 nitrogen and oxygen atoms in total. The maximum atomic E-state index is 12.1. The van der Waals surface area contributed by atoms with Gasteiger partial charge in [0.1, 0.15) is 18.1 Å². The molecule has 33 heavy (non-hydrogen) atoms. The maximum Gasteiger partial charge on any atom is 0.225 e. The van der Waals surface area contributed by atoms with E-state index in [4.69, 9.17) is 4.74 Å². The molecule has 0 saturated heterocycles. The van der Waals surface area contributed by atoms with Crippen LogP contribution in [-0.4, -0.2) is 47.2 Å². The van der Waals surface area contributed by atoms with Gasteiger partial charge in [0.2, 0.25) is 5.91 Å². The van der Waals surface area contributed by atoms with Crippen LogP contribution in [0.15, 0.2) is 53.5 Å². The number of ether oxygens (including phenoxy) is 1. The van der Waals surface area contributed by atoms with Gasteiger partial charge in [-0.1, -0.05) is 18.2 Å². The number of amides is 1. The molecule has 0 fully saturated rings. The number of aromatic amines is 1. The second-order valence-electron chi connectivity index (χ2n) is 7.45. The highest BCUT2D eigenvalue weighted by atomic mass is 127. The fraction of sp³-hybridized carbons (Fsp3) is 0.304. The fourth-order valence-corrected chi connectivity index (χ4v) is 3.63. The third-order valence-corrected chi connectivity index (χ3v) is 5.23. The molecule has 0 saturated carbocycles. The first-order valence-electron chi connectivity index (χ1n) is 10.6. The van der Waals surface area contributed by atoms with E-state index in [-0.39, 0.29) is 35.8 Å². The van der Waals surface area contributed by atoms with Gasteiger partial charge in [0.25, 0.3) is 0 Å². The van der Waals surface area contributed by atoms with Crippen LogP contribution in [0.3, 0.4) is 0 Å². The summed E-state index contributed by atoms with van der Waals surface area (Å²) in [6.07, 6.45) is 0.441. The van der Waals surface area contributed by atoms with Crippen molar-refractivity contribution in [2.45, 2.75) is 25.8 Å². The first kappa shape index (κ1) is 24.5. The summed E-state index contributed by atoms with van der Waals surface area (Å²) in [5.41, 5.74) is 2.91. The lowest BCUT2D eigenvalue weighted by molar-refractivity contribution is -0.116. The molecule has 1 aromatic heterocycles. The van der Waals surface area contributed by atoms with Crippen LogP contribution in [0.2, 0.25) is 0 Å². The lowest BCUT2D eigenvalue weighted by Gasteiger charge is -2.26. The predicted molar refractivity (Wildman–Crippen MR) is 139 cm³/mol. The van der Waals surface area contributed by atoms with E-state index in [0.717, 1.165) is 29.1 Å². The molecule has 4 rings (SSSR count). The van der Waals surface area contributed by atoms with E-state index in [2.05, 4.69) is 42.2 Å². The maximum absolute atomic E-state index is 12.1. The molecule has 3 aromatic rings. The van der Waals surface area contributed by atoms with Crippen LogP contribution in [0.4, 0.5) is 5.69 Å². The van der Waals surface area contributed by atoms with Crippen molar-refractivity contribution in [3.05, 3.63) is 59.9 Å². The standard InChI is InChI=1S/C23H27N7O2.HI/c1-3-24-23(25-13-16-12-21(31)27-19-7-5-4-6-18(16)19)26-14-20-28-22(30-29-20)15-8-10-17(32-2)11-9-15;/h4-11,16H,3,12-14H2,1-2H3,(H,27,31)(H2,24,25,26)(H,28,29,30);1H. The molecule has 0 radical (unpaired) electrons. The van der Waals surface area contributed by atoms with Crippen LogP contribution in [0.5, 0.6) is 5.75 Å². The summed E-state index contributed by atoms with van der Waals surface area (Å²) in [5, 5.41) is 16.8. The van der Waals surface area contributed by atoms with Gasteiger partial charge in [-0.2, -0.15) is 5.10 Å². The zero-order valence-electron chi connectivity index (χ0n) is 18.6. The van der Waals surface area contributed by atoms with E-state index in [9.17, 15) is 4.79 Å². The zero-order chi connectivity index (χ0) is 22.3. The van der Waals surface area contributed by atoms with Crippen LogP contribution in [0, 0.1) is 0 Å². The average Bonchev–Trinajstić information content (AvgIpc) is 3.29. The highest BCUT2D eigenvalue weighted by molar-refractivity contribution is 14.0. The fourth-order valence-electron chi connectivity index (χ4n) is 3.63. The Morgan fingerprint density at radius 1 is 1.18 bits per heavy atom. The van der Waals surface area contributed by atoms with Crippen molar-refractivity contribution < 1.29 is 9.53 Å². The SMILES string of the molecule is CCNC(=NCc1nc(-c2ccc(OC)cc2)n[nH]1)NCC1CC(=O)Nc2ccccc21.I. The van der Waals surface area contributed by atoms with Gasteiger partial charge in [0, 0.05) is 36.7 Å². The number of para-hydroxylation sites is 1. The number of H-pyrrole nitrogens is 1. The van der Waals surface area contributed by atoms with Gasteiger partial charge in [0.05, 0.1) is 7.11 Å². The van der Waals surface area contributed by atoms with Crippen molar-refractivity contribution >= 4 is 41.5 Å². The van der Waals surface area contributed by atoms with E-state index in [0.29, 0.717) is 37.1 Å². The first-order valence-corrected chi connectivity index (χ1v) is 10.6. The van der Waals surface area contributed by atoms with Gasteiger partial charge in [-0.25, -0.2) is 9.98 Å². The number of nitrogens with one attached hydrogen (secondary N) is 4. The van der Waals surface area contributed by atoms with Crippen molar-refractivity contribution in [3.8, 4) is 17.1 Å². The van der Waals surface area contributed by atoms with Crippen molar-refractivity contribution in [1.82, 2.24) is 25.8 Å². The van der Waals surface area contributed by atoms with Gasteiger partial charge < -0.3 is 20.7 Å². The summed E-state index contributed by atoms with van der Waals surface area (Å²) in [6.45, 7) is 3.68. The molecule has 2 heterocycles. The monoisotopic (exact) mass is 561 g/mol. The molecule has 174 valence electrons. The predicted octanol–water partition coefficient (Wildman–Crippen LogP) is 3.28. The molecule has 1 unspecified atom stereocenters. The smallest absolute Gasteiger partial charge is 0.225 e. The Labute approximate surface area is 209 Å². The Balaban J connectivity index is 0.00000306. The van der Waals surface area contributed by atoms with E-state index >= 15 is 0 Å². The molecule has 0 bridgehead atoms. The second-order valence-corrected chi connectivity index (χ2v) is 7.45. The minimum Gasteiger partial charge on any atom is -0.497 e.